The molecule has 0 unspecified atom stereocenters. The van der Waals surface area contributed by atoms with Crippen molar-refractivity contribution in [3.63, 3.8) is 0 Å². The molecule has 0 saturated heterocycles. The van der Waals surface area contributed by atoms with E-state index in [0.29, 0.717) is 12.0 Å². The monoisotopic (exact) mass is 464 g/mol. The minimum atomic E-state index is -0.0127. The summed E-state index contributed by atoms with van der Waals surface area (Å²) in [7, 11) is 0. The van der Waals surface area contributed by atoms with Crippen LogP contribution in [0.1, 0.15) is 49.3 Å². The number of aromatic hydroxyl groups is 2. The van der Waals surface area contributed by atoms with E-state index in [1.54, 1.807) is 24.3 Å². The third-order valence-corrected chi connectivity index (χ3v) is 6.72. The number of aryl methyl sites for hydroxylation is 4. The molecular weight excluding hydrogens is 436 g/mol. The summed E-state index contributed by atoms with van der Waals surface area (Å²) in [5.74, 6) is 0.439. The number of nitrogens with one attached hydrogen (secondary N) is 2. The molecule has 0 spiro atoms. The largest absolute Gasteiger partial charge is 0.508 e. The Morgan fingerprint density at radius 1 is 0.686 bits per heavy atom. The number of benzene rings is 4. The van der Waals surface area contributed by atoms with E-state index in [9.17, 15) is 15.0 Å². The summed E-state index contributed by atoms with van der Waals surface area (Å²) in [4.78, 5) is 13.8. The number of carbonyl (C=O) groups excluding carboxylic acids is 1. The third kappa shape index (κ3) is 3.99. The van der Waals surface area contributed by atoms with E-state index in [1.165, 1.54) is 0 Å². The summed E-state index contributed by atoms with van der Waals surface area (Å²) in [5.41, 5.74) is 10.4. The van der Waals surface area contributed by atoms with Gasteiger partial charge in [-0.1, -0.05) is 24.3 Å². The Hall–Kier alpha value is -4.25. The Kier molecular flexibility index (Phi) is 5.48. The molecule has 0 atom stereocenters. The first-order chi connectivity index (χ1) is 16.7. The maximum Gasteiger partial charge on any atom is 0.195 e. The first-order valence-corrected chi connectivity index (χ1v) is 11.7. The topological polar surface area (TPSA) is 81.6 Å². The summed E-state index contributed by atoms with van der Waals surface area (Å²) in [6.07, 6.45) is 0.624. The molecule has 1 aliphatic rings. The van der Waals surface area contributed by atoms with E-state index >= 15 is 0 Å². The molecule has 4 aromatic carbocycles. The van der Waals surface area contributed by atoms with Gasteiger partial charge in [0.05, 0.1) is 11.3 Å². The molecular formula is C30H28N2O3. The summed E-state index contributed by atoms with van der Waals surface area (Å²) >= 11 is 0. The van der Waals surface area contributed by atoms with Gasteiger partial charge in [0.15, 0.2) is 5.78 Å². The molecule has 0 aromatic heterocycles. The van der Waals surface area contributed by atoms with Crippen LogP contribution in [0.4, 0.5) is 22.7 Å². The summed E-state index contributed by atoms with van der Waals surface area (Å²) in [6.45, 7) is 7.78. The summed E-state index contributed by atoms with van der Waals surface area (Å²) in [5, 5.41) is 27.0. The second-order valence-electron chi connectivity index (χ2n) is 9.34. The zero-order valence-corrected chi connectivity index (χ0v) is 20.3. The lowest BCUT2D eigenvalue weighted by Gasteiger charge is -2.26. The van der Waals surface area contributed by atoms with Crippen LogP contribution >= 0.6 is 0 Å². The summed E-state index contributed by atoms with van der Waals surface area (Å²) in [6, 6.07) is 18.6. The lowest BCUT2D eigenvalue weighted by molar-refractivity contribution is 0.103. The van der Waals surface area contributed by atoms with Gasteiger partial charge in [-0.05, 0) is 97.5 Å². The van der Waals surface area contributed by atoms with E-state index in [4.69, 9.17) is 0 Å². The number of phenolic OH excluding ortho intramolecular Hbond substituents is 2. The zero-order chi connectivity index (χ0) is 24.9. The molecule has 0 saturated carbocycles. The van der Waals surface area contributed by atoms with Gasteiger partial charge in [0, 0.05) is 29.0 Å². The van der Waals surface area contributed by atoms with Gasteiger partial charge in [-0.3, -0.25) is 4.79 Å². The number of ketones is 1. The van der Waals surface area contributed by atoms with Crippen LogP contribution < -0.4 is 10.6 Å². The average molecular weight is 465 g/mol. The standard InChI is InChI=1S/C30H28N2O3/c1-16-11-21(33)12-17(2)28(16)31-25-9-10-26(32-29-18(3)13-22(34)14-19(29)4)27-24(25)15-20-7-5-6-8-23(20)30(27)35/h5-14,31-34H,15H2,1-4H3. The van der Waals surface area contributed by atoms with Crippen molar-refractivity contribution in [1.82, 2.24) is 0 Å². The molecule has 0 heterocycles. The van der Waals surface area contributed by atoms with Crippen LogP contribution in [-0.2, 0) is 6.42 Å². The van der Waals surface area contributed by atoms with Crippen molar-refractivity contribution in [2.75, 3.05) is 10.6 Å². The van der Waals surface area contributed by atoms with Gasteiger partial charge in [-0.15, -0.1) is 0 Å². The molecule has 176 valence electrons. The zero-order valence-electron chi connectivity index (χ0n) is 20.3. The fourth-order valence-corrected chi connectivity index (χ4v) is 5.08. The molecule has 5 nitrogen and oxygen atoms in total. The minimum Gasteiger partial charge on any atom is -0.508 e. The van der Waals surface area contributed by atoms with Crippen LogP contribution in [-0.4, -0.2) is 16.0 Å². The highest BCUT2D eigenvalue weighted by atomic mass is 16.3. The van der Waals surface area contributed by atoms with Gasteiger partial charge < -0.3 is 20.8 Å². The smallest absolute Gasteiger partial charge is 0.195 e. The molecule has 0 amide bonds. The Morgan fingerprint density at radius 2 is 1.17 bits per heavy atom. The predicted octanol–water partition coefficient (Wildman–Crippen LogP) is 6.95. The molecule has 0 bridgehead atoms. The molecule has 35 heavy (non-hydrogen) atoms. The Balaban J connectivity index is 1.66. The van der Waals surface area contributed by atoms with E-state index in [2.05, 4.69) is 10.6 Å². The van der Waals surface area contributed by atoms with E-state index in [0.717, 1.165) is 61.7 Å². The Bertz CT molecular complexity index is 1460. The maximum atomic E-state index is 13.8. The SMILES string of the molecule is Cc1cc(O)cc(C)c1Nc1ccc(Nc2c(C)cc(O)cc2C)c2c1Cc1ccccc1C2=O. The first-order valence-electron chi connectivity index (χ1n) is 11.7. The molecule has 0 fully saturated rings. The highest BCUT2D eigenvalue weighted by Crippen LogP contribution is 2.40. The van der Waals surface area contributed by atoms with Crippen molar-refractivity contribution in [1.29, 1.82) is 0 Å². The van der Waals surface area contributed by atoms with Gasteiger partial charge in [0.1, 0.15) is 11.5 Å². The highest BCUT2D eigenvalue weighted by molar-refractivity contribution is 6.17. The Morgan fingerprint density at radius 3 is 1.74 bits per heavy atom. The third-order valence-electron chi connectivity index (χ3n) is 6.72. The van der Waals surface area contributed by atoms with Gasteiger partial charge in [-0.25, -0.2) is 0 Å². The molecule has 5 rings (SSSR count). The number of hydrogen-bond donors (Lipinski definition) is 4. The number of hydrogen-bond acceptors (Lipinski definition) is 5. The van der Waals surface area contributed by atoms with Crippen LogP contribution in [0.2, 0.25) is 0 Å². The van der Waals surface area contributed by atoms with Crippen LogP contribution in [0.25, 0.3) is 0 Å². The average Bonchev–Trinajstić information content (AvgIpc) is 2.79. The van der Waals surface area contributed by atoms with E-state index in [1.807, 2.05) is 64.1 Å². The highest BCUT2D eigenvalue weighted by Gasteiger charge is 2.28. The fraction of sp³-hybridized carbons (Fsp3) is 0.167. The van der Waals surface area contributed by atoms with Gasteiger partial charge >= 0.3 is 0 Å². The van der Waals surface area contributed by atoms with Crippen LogP contribution in [0.5, 0.6) is 11.5 Å². The van der Waals surface area contributed by atoms with Crippen molar-refractivity contribution in [3.8, 4) is 11.5 Å². The van der Waals surface area contributed by atoms with Crippen molar-refractivity contribution in [2.45, 2.75) is 34.1 Å². The van der Waals surface area contributed by atoms with Crippen LogP contribution in [0.15, 0.2) is 60.7 Å². The van der Waals surface area contributed by atoms with Gasteiger partial charge in [-0.2, -0.15) is 0 Å². The van der Waals surface area contributed by atoms with E-state index in [-0.39, 0.29) is 17.3 Å². The predicted molar refractivity (Wildman–Crippen MR) is 141 cm³/mol. The normalized spacial score (nSPS) is 12.2. The first kappa shape index (κ1) is 22.5. The van der Waals surface area contributed by atoms with Crippen molar-refractivity contribution in [3.05, 3.63) is 105 Å². The van der Waals surface area contributed by atoms with Crippen LogP contribution in [0, 0.1) is 27.7 Å². The van der Waals surface area contributed by atoms with Crippen LogP contribution in [0.3, 0.4) is 0 Å². The van der Waals surface area contributed by atoms with Crippen molar-refractivity contribution < 1.29 is 15.0 Å². The van der Waals surface area contributed by atoms with Crippen molar-refractivity contribution in [2.24, 2.45) is 0 Å². The summed E-state index contributed by atoms with van der Waals surface area (Å²) < 4.78 is 0. The number of phenols is 2. The molecule has 4 N–H and O–H groups in total. The second kappa shape index (κ2) is 8.51. The Labute approximate surface area is 205 Å². The lowest BCUT2D eigenvalue weighted by Crippen LogP contribution is -2.18. The maximum absolute atomic E-state index is 13.8. The number of fused-ring (bicyclic) bond motifs is 2. The van der Waals surface area contributed by atoms with E-state index < -0.39 is 0 Å². The molecule has 1 aliphatic carbocycles. The lowest BCUT2D eigenvalue weighted by atomic mass is 9.83. The van der Waals surface area contributed by atoms with Gasteiger partial charge in [0.2, 0.25) is 0 Å². The quantitative estimate of drug-likeness (QED) is 0.216. The molecule has 4 aromatic rings. The number of anilines is 4. The molecule has 5 heteroatoms. The minimum absolute atomic E-state index is 0.0127. The fourth-order valence-electron chi connectivity index (χ4n) is 5.08. The second-order valence-corrected chi connectivity index (χ2v) is 9.34. The molecule has 0 radical (unpaired) electrons. The number of rotatable bonds is 4. The van der Waals surface area contributed by atoms with Crippen molar-refractivity contribution >= 4 is 28.5 Å². The van der Waals surface area contributed by atoms with Gasteiger partial charge in [0.25, 0.3) is 0 Å². The molecule has 0 aliphatic heterocycles. The number of carbonyl (C=O) groups is 1.